The van der Waals surface area contributed by atoms with E-state index in [1.54, 1.807) is 0 Å². The van der Waals surface area contributed by atoms with E-state index in [0.717, 1.165) is 41.8 Å². The molecule has 2 aromatic carbocycles. The summed E-state index contributed by atoms with van der Waals surface area (Å²) in [6, 6.07) is 16.2. The summed E-state index contributed by atoms with van der Waals surface area (Å²) >= 11 is 0. The Hall–Kier alpha value is -2.82. The maximum Gasteiger partial charge on any atom is 0.318 e. The number of carbonyl (C=O) groups excluding carboxylic acids is 1. The van der Waals surface area contributed by atoms with E-state index in [4.69, 9.17) is 4.98 Å². The highest BCUT2D eigenvalue weighted by Gasteiger charge is 2.32. The highest BCUT2D eigenvalue weighted by Crippen LogP contribution is 2.31. The second kappa shape index (κ2) is 6.59. The molecule has 2 heterocycles. The van der Waals surface area contributed by atoms with Crippen LogP contribution in [0.4, 0.5) is 4.79 Å². The smallest absolute Gasteiger partial charge is 0.318 e. The average molecular weight is 334 g/mol. The topological polar surface area (TPSA) is 61.0 Å². The number of aromatic amines is 1. The van der Waals surface area contributed by atoms with Gasteiger partial charge in [-0.3, -0.25) is 0 Å². The molecule has 3 aromatic rings. The minimum atomic E-state index is -0.0250. The van der Waals surface area contributed by atoms with Gasteiger partial charge in [0.25, 0.3) is 0 Å². The van der Waals surface area contributed by atoms with Crippen molar-refractivity contribution in [1.82, 2.24) is 20.2 Å². The molecule has 1 aliphatic heterocycles. The fourth-order valence-corrected chi connectivity index (χ4v) is 3.47. The van der Waals surface area contributed by atoms with Gasteiger partial charge in [0.1, 0.15) is 5.82 Å². The number of nitrogens with one attached hydrogen (secondary N) is 2. The number of fused-ring (bicyclic) bond motifs is 1. The molecule has 1 saturated heterocycles. The first-order chi connectivity index (χ1) is 12.2. The summed E-state index contributed by atoms with van der Waals surface area (Å²) < 4.78 is 0. The van der Waals surface area contributed by atoms with Crippen LogP contribution < -0.4 is 5.32 Å². The molecular weight excluding hydrogens is 312 g/mol. The number of nitrogens with zero attached hydrogens (tertiary/aromatic N) is 2. The number of hydrogen-bond donors (Lipinski definition) is 2. The normalized spacial score (nSPS) is 17.2. The molecule has 1 fully saturated rings. The van der Waals surface area contributed by atoms with Crippen molar-refractivity contribution in [2.75, 3.05) is 6.54 Å². The molecule has 2 amide bonds. The van der Waals surface area contributed by atoms with Crippen molar-refractivity contribution in [3.05, 3.63) is 65.5 Å². The third-order valence-corrected chi connectivity index (χ3v) is 4.77. The molecule has 5 heteroatoms. The van der Waals surface area contributed by atoms with Gasteiger partial charge in [-0.15, -0.1) is 0 Å². The first kappa shape index (κ1) is 15.7. The predicted octanol–water partition coefficient (Wildman–Crippen LogP) is 3.92. The lowest BCUT2D eigenvalue weighted by molar-refractivity contribution is 0.191. The number of urea groups is 1. The van der Waals surface area contributed by atoms with E-state index in [-0.39, 0.29) is 12.1 Å². The summed E-state index contributed by atoms with van der Waals surface area (Å²) in [5.74, 6) is 0.882. The first-order valence-corrected chi connectivity index (χ1v) is 8.75. The van der Waals surface area contributed by atoms with Crippen molar-refractivity contribution in [1.29, 1.82) is 0 Å². The number of rotatable bonds is 3. The summed E-state index contributed by atoms with van der Waals surface area (Å²) in [7, 11) is 0. The van der Waals surface area contributed by atoms with Crippen LogP contribution >= 0.6 is 0 Å². The molecule has 0 bridgehead atoms. The van der Waals surface area contributed by atoms with Gasteiger partial charge in [-0.1, -0.05) is 36.4 Å². The van der Waals surface area contributed by atoms with Gasteiger partial charge in [0.05, 0.1) is 17.1 Å². The number of hydrogen-bond acceptors (Lipinski definition) is 2. The number of likely N-dealkylation sites (tertiary alicyclic amines) is 1. The summed E-state index contributed by atoms with van der Waals surface area (Å²) in [4.78, 5) is 22.7. The molecule has 5 nitrogen and oxygen atoms in total. The van der Waals surface area contributed by atoms with Crippen molar-refractivity contribution in [3.63, 3.8) is 0 Å². The monoisotopic (exact) mass is 334 g/mol. The van der Waals surface area contributed by atoms with Crippen molar-refractivity contribution in [2.24, 2.45) is 0 Å². The van der Waals surface area contributed by atoms with E-state index < -0.39 is 0 Å². The van der Waals surface area contributed by atoms with Crippen LogP contribution in [0.15, 0.2) is 48.5 Å². The predicted molar refractivity (Wildman–Crippen MR) is 98.2 cm³/mol. The zero-order chi connectivity index (χ0) is 17.2. The minimum absolute atomic E-state index is 0.0171. The molecule has 1 aliphatic rings. The highest BCUT2D eigenvalue weighted by atomic mass is 16.2. The number of aromatic nitrogens is 2. The van der Waals surface area contributed by atoms with E-state index in [0.29, 0.717) is 6.54 Å². The molecule has 4 rings (SSSR count). The van der Waals surface area contributed by atoms with Gasteiger partial charge in [-0.05, 0) is 43.0 Å². The zero-order valence-corrected chi connectivity index (χ0v) is 14.3. The van der Waals surface area contributed by atoms with E-state index >= 15 is 0 Å². The van der Waals surface area contributed by atoms with Gasteiger partial charge in [-0.2, -0.15) is 0 Å². The Morgan fingerprint density at radius 1 is 1.28 bits per heavy atom. The standard InChI is InChI=1S/C20H22N4O/c1-14-9-10-16-17(12-14)23-19(22-16)18-8-5-11-24(18)20(25)21-13-15-6-3-2-4-7-15/h2-4,6-7,9-10,12,18H,5,8,11,13H2,1H3,(H,21,25)(H,22,23). The number of aryl methyl sites for hydroxylation is 1. The van der Waals surface area contributed by atoms with E-state index in [9.17, 15) is 4.79 Å². The Kier molecular flexibility index (Phi) is 4.14. The lowest BCUT2D eigenvalue weighted by Gasteiger charge is -2.23. The second-order valence-electron chi connectivity index (χ2n) is 6.64. The SMILES string of the molecule is Cc1ccc2nc(C3CCCN3C(=O)NCc3ccccc3)[nH]c2c1. The highest BCUT2D eigenvalue weighted by molar-refractivity contribution is 5.77. The third-order valence-electron chi connectivity index (χ3n) is 4.77. The van der Waals surface area contributed by atoms with Crippen LogP contribution in [0.1, 0.15) is 35.8 Å². The van der Waals surface area contributed by atoms with Crippen molar-refractivity contribution < 1.29 is 4.79 Å². The number of imidazole rings is 1. The van der Waals surface area contributed by atoms with Crippen molar-refractivity contribution in [2.45, 2.75) is 32.4 Å². The van der Waals surface area contributed by atoms with Gasteiger partial charge >= 0.3 is 6.03 Å². The molecule has 0 radical (unpaired) electrons. The average Bonchev–Trinajstić information content (AvgIpc) is 3.26. The molecule has 25 heavy (non-hydrogen) atoms. The Bertz CT molecular complexity index is 887. The lowest BCUT2D eigenvalue weighted by atomic mass is 10.2. The molecule has 1 unspecified atom stereocenters. The van der Waals surface area contributed by atoms with Crippen LogP contribution in [-0.2, 0) is 6.54 Å². The number of amides is 2. The van der Waals surface area contributed by atoms with Gasteiger partial charge in [0, 0.05) is 13.1 Å². The quantitative estimate of drug-likeness (QED) is 0.763. The molecule has 1 atom stereocenters. The second-order valence-corrected chi connectivity index (χ2v) is 6.64. The summed E-state index contributed by atoms with van der Waals surface area (Å²) in [5.41, 5.74) is 4.29. The Labute approximate surface area is 147 Å². The molecule has 0 saturated carbocycles. The Morgan fingerprint density at radius 2 is 2.12 bits per heavy atom. The fraction of sp³-hybridized carbons (Fsp3) is 0.300. The Balaban J connectivity index is 1.50. The molecular formula is C20H22N4O. The van der Waals surface area contributed by atoms with E-state index in [1.807, 2.05) is 41.3 Å². The van der Waals surface area contributed by atoms with E-state index in [1.165, 1.54) is 5.56 Å². The van der Waals surface area contributed by atoms with Crippen LogP contribution in [0.2, 0.25) is 0 Å². The van der Waals surface area contributed by atoms with Crippen LogP contribution in [-0.4, -0.2) is 27.4 Å². The summed E-state index contributed by atoms with van der Waals surface area (Å²) in [6.07, 6.45) is 1.94. The fourth-order valence-electron chi connectivity index (χ4n) is 3.47. The molecule has 1 aromatic heterocycles. The van der Waals surface area contributed by atoms with Crippen LogP contribution in [0.5, 0.6) is 0 Å². The lowest BCUT2D eigenvalue weighted by Crippen LogP contribution is -2.39. The first-order valence-electron chi connectivity index (χ1n) is 8.75. The van der Waals surface area contributed by atoms with Crippen LogP contribution in [0.3, 0.4) is 0 Å². The van der Waals surface area contributed by atoms with Gasteiger partial charge in [-0.25, -0.2) is 9.78 Å². The maximum absolute atomic E-state index is 12.6. The molecule has 0 aliphatic carbocycles. The number of H-pyrrole nitrogens is 1. The number of benzene rings is 2. The summed E-state index contributed by atoms with van der Waals surface area (Å²) in [5, 5.41) is 3.03. The Morgan fingerprint density at radius 3 is 2.96 bits per heavy atom. The maximum atomic E-state index is 12.6. The largest absolute Gasteiger partial charge is 0.340 e. The zero-order valence-electron chi connectivity index (χ0n) is 14.3. The van der Waals surface area contributed by atoms with Gasteiger partial charge in [0.2, 0.25) is 0 Å². The third kappa shape index (κ3) is 3.22. The molecule has 128 valence electrons. The minimum Gasteiger partial charge on any atom is -0.340 e. The van der Waals surface area contributed by atoms with Gasteiger partial charge < -0.3 is 15.2 Å². The number of carbonyl (C=O) groups is 1. The molecule has 0 spiro atoms. The summed E-state index contributed by atoms with van der Waals surface area (Å²) in [6.45, 7) is 3.38. The van der Waals surface area contributed by atoms with E-state index in [2.05, 4.69) is 29.4 Å². The van der Waals surface area contributed by atoms with Crippen molar-refractivity contribution >= 4 is 17.1 Å². The van der Waals surface area contributed by atoms with Gasteiger partial charge in [0.15, 0.2) is 0 Å². The molecule has 2 N–H and O–H groups in total. The van der Waals surface area contributed by atoms with Crippen LogP contribution in [0, 0.1) is 6.92 Å². The van der Waals surface area contributed by atoms with Crippen molar-refractivity contribution in [3.8, 4) is 0 Å². The van der Waals surface area contributed by atoms with Crippen LogP contribution in [0.25, 0.3) is 11.0 Å².